The van der Waals surface area contributed by atoms with Gasteiger partial charge in [0.05, 0.1) is 11.8 Å². The van der Waals surface area contributed by atoms with Gasteiger partial charge in [0.25, 0.3) is 0 Å². The molecule has 3 aliphatic carbocycles. The van der Waals surface area contributed by atoms with E-state index in [1.54, 1.807) is 0 Å². The average molecular weight is 444 g/mol. The summed E-state index contributed by atoms with van der Waals surface area (Å²) in [5.74, 6) is -0.688. The van der Waals surface area contributed by atoms with Crippen molar-refractivity contribution >= 4 is 23.5 Å². The van der Waals surface area contributed by atoms with Gasteiger partial charge in [0, 0.05) is 12.1 Å². The second kappa shape index (κ2) is 8.50. The van der Waals surface area contributed by atoms with Gasteiger partial charge in [-0.1, -0.05) is 60.2 Å². The van der Waals surface area contributed by atoms with Crippen LogP contribution in [0.1, 0.15) is 29.5 Å². The van der Waals surface area contributed by atoms with Crippen LogP contribution >= 0.6 is 0 Å². The highest BCUT2D eigenvalue weighted by atomic mass is 16.2. The summed E-state index contributed by atoms with van der Waals surface area (Å²) in [7, 11) is 0. The summed E-state index contributed by atoms with van der Waals surface area (Å²) >= 11 is 0. The molecule has 0 radical (unpaired) electrons. The third kappa shape index (κ3) is 3.94. The third-order valence-corrected chi connectivity index (χ3v) is 7.30. The first-order valence-corrected chi connectivity index (χ1v) is 11.7. The van der Waals surface area contributed by atoms with Gasteiger partial charge in [-0.15, -0.1) is 0 Å². The van der Waals surface area contributed by atoms with Crippen molar-refractivity contribution < 1.29 is 14.4 Å². The Labute approximate surface area is 194 Å². The van der Waals surface area contributed by atoms with Crippen LogP contribution in [0.2, 0.25) is 0 Å². The summed E-state index contributed by atoms with van der Waals surface area (Å²) in [5.41, 5.74) is 3.71. The van der Waals surface area contributed by atoms with Crippen LogP contribution in [-0.2, 0) is 16.0 Å². The lowest BCUT2D eigenvalue weighted by Gasteiger charge is -2.38. The smallest absolute Gasteiger partial charge is 0.317 e. The Morgan fingerprint density at radius 2 is 1.61 bits per heavy atom. The summed E-state index contributed by atoms with van der Waals surface area (Å²) in [6.07, 6.45) is 5.72. The molecule has 6 rings (SSSR count). The highest BCUT2D eigenvalue weighted by Gasteiger charge is 2.58. The van der Waals surface area contributed by atoms with Gasteiger partial charge in [-0.25, -0.2) is 4.79 Å². The Hall–Kier alpha value is -3.41. The number of imide groups is 1. The number of fused-ring (bicyclic) bond motifs is 1. The number of likely N-dealkylation sites (tertiary alicyclic amines) is 1. The van der Waals surface area contributed by atoms with E-state index in [9.17, 15) is 14.4 Å². The third-order valence-electron chi connectivity index (χ3n) is 7.30. The standard InChI is InChI=1S/C27H29N3O3/c1-16-8-13-21(17(2)14-16)28-27(33)29-22(15-18-6-4-3-5-7-18)30-25(31)23-19-9-10-20(12-11-19)24(23)26(30)32/h3-10,13-14,19-20,22-24H,11-12,15H2,1-2H3,(H2,28,29,33)/t19-,20-,22-,23-,24-/m0/s1. The van der Waals surface area contributed by atoms with Gasteiger partial charge in [-0.2, -0.15) is 0 Å². The van der Waals surface area contributed by atoms with Crippen LogP contribution in [0.25, 0.3) is 0 Å². The molecule has 2 aromatic carbocycles. The first kappa shape index (κ1) is 21.4. The maximum Gasteiger partial charge on any atom is 0.320 e. The number of allylic oxidation sites excluding steroid dienone is 2. The minimum atomic E-state index is -0.747. The molecule has 1 aliphatic heterocycles. The summed E-state index contributed by atoms with van der Waals surface area (Å²) < 4.78 is 0. The van der Waals surface area contributed by atoms with E-state index in [4.69, 9.17) is 0 Å². The van der Waals surface area contributed by atoms with Crippen LogP contribution < -0.4 is 10.6 Å². The Morgan fingerprint density at radius 3 is 2.18 bits per heavy atom. The Kier molecular flexibility index (Phi) is 5.52. The number of nitrogens with zero attached hydrogens (tertiary/aromatic N) is 1. The zero-order valence-electron chi connectivity index (χ0n) is 19.0. The lowest BCUT2D eigenvalue weighted by atomic mass is 9.63. The zero-order chi connectivity index (χ0) is 23.1. The topological polar surface area (TPSA) is 78.5 Å². The van der Waals surface area contributed by atoms with Crippen molar-refractivity contribution in [3.05, 3.63) is 77.4 Å². The molecule has 170 valence electrons. The first-order chi connectivity index (χ1) is 15.9. The second-order valence-corrected chi connectivity index (χ2v) is 9.51. The molecular weight excluding hydrogens is 414 g/mol. The summed E-state index contributed by atoms with van der Waals surface area (Å²) in [6.45, 7) is 3.93. The fourth-order valence-corrected chi connectivity index (χ4v) is 5.71. The van der Waals surface area contributed by atoms with Gasteiger partial charge in [-0.05, 0) is 55.7 Å². The van der Waals surface area contributed by atoms with E-state index in [-0.39, 0.29) is 35.5 Å². The molecule has 5 atom stereocenters. The van der Waals surface area contributed by atoms with Crippen molar-refractivity contribution in [2.24, 2.45) is 23.7 Å². The van der Waals surface area contributed by atoms with Gasteiger partial charge in [-0.3, -0.25) is 14.5 Å². The van der Waals surface area contributed by atoms with Gasteiger partial charge in [0.1, 0.15) is 6.17 Å². The molecule has 4 amide bonds. The van der Waals surface area contributed by atoms with Crippen molar-refractivity contribution in [1.29, 1.82) is 0 Å². The number of carbonyl (C=O) groups excluding carboxylic acids is 3. The summed E-state index contributed by atoms with van der Waals surface area (Å²) in [6, 6.07) is 15.0. The summed E-state index contributed by atoms with van der Waals surface area (Å²) in [5, 5.41) is 5.82. The molecule has 2 fully saturated rings. The maximum absolute atomic E-state index is 13.5. The van der Waals surface area contributed by atoms with E-state index < -0.39 is 12.2 Å². The fourth-order valence-electron chi connectivity index (χ4n) is 5.71. The predicted molar refractivity (Wildman–Crippen MR) is 126 cm³/mol. The average Bonchev–Trinajstić information content (AvgIpc) is 3.09. The molecule has 2 N–H and O–H groups in total. The number of hydrogen-bond acceptors (Lipinski definition) is 3. The van der Waals surface area contributed by atoms with Crippen molar-refractivity contribution in [3.63, 3.8) is 0 Å². The quantitative estimate of drug-likeness (QED) is 0.537. The zero-order valence-corrected chi connectivity index (χ0v) is 19.0. The molecule has 6 nitrogen and oxygen atoms in total. The SMILES string of the molecule is Cc1ccc(NC(=O)N[C@H](Cc2ccccc2)N2C(=O)[C@@H]3[C@@H](C2=O)[C@H]2C=C[C@H]3CC2)c(C)c1. The van der Waals surface area contributed by atoms with Crippen LogP contribution in [0, 0.1) is 37.5 Å². The van der Waals surface area contributed by atoms with E-state index in [0.717, 1.165) is 29.5 Å². The number of urea groups is 1. The van der Waals surface area contributed by atoms with Gasteiger partial charge < -0.3 is 10.6 Å². The molecular formula is C27H29N3O3. The van der Waals surface area contributed by atoms with Gasteiger partial charge >= 0.3 is 6.03 Å². The highest BCUT2D eigenvalue weighted by molar-refractivity contribution is 6.06. The number of hydrogen-bond donors (Lipinski definition) is 2. The Bertz CT molecular complexity index is 1090. The highest BCUT2D eigenvalue weighted by Crippen LogP contribution is 2.50. The van der Waals surface area contributed by atoms with E-state index >= 15 is 0 Å². The molecule has 33 heavy (non-hydrogen) atoms. The number of amides is 4. The predicted octanol–water partition coefficient (Wildman–Crippen LogP) is 4.19. The Balaban J connectivity index is 1.41. The second-order valence-electron chi connectivity index (χ2n) is 9.51. The number of benzene rings is 2. The minimum Gasteiger partial charge on any atom is -0.317 e. The van der Waals surface area contributed by atoms with Crippen molar-refractivity contribution in [2.45, 2.75) is 39.3 Å². The number of rotatable bonds is 5. The van der Waals surface area contributed by atoms with Gasteiger partial charge in [0.2, 0.25) is 11.8 Å². The number of nitrogens with one attached hydrogen (secondary N) is 2. The molecule has 1 heterocycles. The van der Waals surface area contributed by atoms with E-state index in [1.165, 1.54) is 4.90 Å². The van der Waals surface area contributed by atoms with E-state index in [1.807, 2.05) is 62.4 Å². The number of anilines is 1. The van der Waals surface area contributed by atoms with Crippen LogP contribution in [0.15, 0.2) is 60.7 Å². The summed E-state index contributed by atoms with van der Waals surface area (Å²) in [4.78, 5) is 41.3. The van der Waals surface area contributed by atoms with Crippen LogP contribution in [0.5, 0.6) is 0 Å². The van der Waals surface area contributed by atoms with Crippen LogP contribution in [0.4, 0.5) is 10.5 Å². The molecule has 4 aliphatic rings. The monoisotopic (exact) mass is 443 g/mol. The molecule has 2 bridgehead atoms. The largest absolute Gasteiger partial charge is 0.320 e. The minimum absolute atomic E-state index is 0.114. The van der Waals surface area contributed by atoms with E-state index in [2.05, 4.69) is 22.8 Å². The normalized spacial score (nSPS) is 26.3. The molecule has 1 saturated carbocycles. The van der Waals surface area contributed by atoms with Gasteiger partial charge in [0.15, 0.2) is 0 Å². The first-order valence-electron chi connectivity index (χ1n) is 11.7. The molecule has 2 aromatic rings. The van der Waals surface area contributed by atoms with Crippen molar-refractivity contribution in [3.8, 4) is 0 Å². The lowest BCUT2D eigenvalue weighted by Crippen LogP contribution is -2.53. The Morgan fingerprint density at radius 1 is 0.970 bits per heavy atom. The molecule has 1 saturated heterocycles. The van der Waals surface area contributed by atoms with Crippen LogP contribution in [-0.4, -0.2) is 28.9 Å². The maximum atomic E-state index is 13.5. The van der Waals surface area contributed by atoms with E-state index in [0.29, 0.717) is 12.1 Å². The number of aryl methyl sites for hydroxylation is 2. The lowest BCUT2D eigenvalue weighted by molar-refractivity contribution is -0.143. The van der Waals surface area contributed by atoms with Crippen molar-refractivity contribution in [2.75, 3.05) is 5.32 Å². The molecule has 0 spiro atoms. The van der Waals surface area contributed by atoms with Crippen LogP contribution in [0.3, 0.4) is 0 Å². The molecule has 6 heteroatoms. The fraction of sp³-hybridized carbons (Fsp3) is 0.370. The molecule has 0 aromatic heterocycles. The number of carbonyl (C=O) groups is 3. The molecule has 0 unspecified atom stereocenters. The van der Waals surface area contributed by atoms with Crippen molar-refractivity contribution in [1.82, 2.24) is 10.2 Å².